The van der Waals surface area contributed by atoms with Crippen molar-refractivity contribution in [2.45, 2.75) is 11.8 Å². The molecule has 10 nitrogen and oxygen atoms in total. The molecule has 3 aromatic carbocycles. The Hall–Kier alpha value is -4.25. The first-order valence-electron chi connectivity index (χ1n) is 9.56. The van der Waals surface area contributed by atoms with Crippen molar-refractivity contribution in [3.8, 4) is 5.75 Å². The largest absolute Gasteiger partial charge is 0.497 e. The smallest absolute Gasteiger partial charge is 0.271 e. The van der Waals surface area contributed by atoms with Gasteiger partial charge in [-0.15, -0.1) is 0 Å². The van der Waals surface area contributed by atoms with Crippen LogP contribution in [-0.4, -0.2) is 32.1 Å². The average Bonchev–Trinajstić information content (AvgIpc) is 2.82. The topological polar surface area (TPSA) is 140 Å². The minimum absolute atomic E-state index is 0.0585. The number of carbonyl (C=O) groups is 1. The molecule has 0 saturated heterocycles. The summed E-state index contributed by atoms with van der Waals surface area (Å²) in [6.07, 6.45) is 0. The van der Waals surface area contributed by atoms with Crippen LogP contribution in [0.1, 0.15) is 22.8 Å². The second kappa shape index (κ2) is 9.92. The Morgan fingerprint density at radius 1 is 1.00 bits per heavy atom. The number of nitrogens with zero attached hydrogens (tertiary/aromatic N) is 2. The van der Waals surface area contributed by atoms with E-state index in [-0.39, 0.29) is 16.1 Å². The van der Waals surface area contributed by atoms with E-state index in [4.69, 9.17) is 4.74 Å². The summed E-state index contributed by atoms with van der Waals surface area (Å²) in [6, 6.07) is 17.6. The van der Waals surface area contributed by atoms with Crippen LogP contribution in [0.5, 0.6) is 5.75 Å². The minimum atomic E-state index is -3.94. The van der Waals surface area contributed by atoms with Gasteiger partial charge in [-0.3, -0.25) is 19.6 Å². The van der Waals surface area contributed by atoms with E-state index in [9.17, 15) is 23.3 Å². The Kier molecular flexibility index (Phi) is 7.04. The number of amides is 1. The molecule has 11 heteroatoms. The lowest BCUT2D eigenvalue weighted by atomic mass is 10.1. The van der Waals surface area contributed by atoms with E-state index >= 15 is 0 Å². The SMILES string of the molecule is COc1ccc(NS(=O)(=O)c2cccc(C(=O)N/N=C(\C)c3ccc([N+](=O)[O-])cc3)c2)cc1. The predicted molar refractivity (Wildman–Crippen MR) is 123 cm³/mol. The summed E-state index contributed by atoms with van der Waals surface area (Å²) in [5.74, 6) is -0.0288. The van der Waals surface area contributed by atoms with E-state index in [1.807, 2.05) is 0 Å². The van der Waals surface area contributed by atoms with Gasteiger partial charge in [0.2, 0.25) is 0 Å². The van der Waals surface area contributed by atoms with Crippen LogP contribution in [-0.2, 0) is 10.0 Å². The van der Waals surface area contributed by atoms with Crippen LogP contribution in [0.4, 0.5) is 11.4 Å². The third kappa shape index (κ3) is 5.92. The second-order valence-corrected chi connectivity index (χ2v) is 8.49. The van der Waals surface area contributed by atoms with Crippen molar-refractivity contribution >= 4 is 33.0 Å². The van der Waals surface area contributed by atoms with Crippen molar-refractivity contribution in [2.24, 2.45) is 5.10 Å². The summed E-state index contributed by atoms with van der Waals surface area (Å²) in [6.45, 7) is 1.63. The highest BCUT2D eigenvalue weighted by atomic mass is 32.2. The molecule has 0 bridgehead atoms. The monoisotopic (exact) mass is 468 g/mol. The molecule has 0 aliphatic carbocycles. The molecule has 170 valence electrons. The van der Waals surface area contributed by atoms with Crippen LogP contribution < -0.4 is 14.9 Å². The number of nitro groups is 1. The first kappa shape index (κ1) is 23.4. The summed E-state index contributed by atoms with van der Waals surface area (Å²) in [5.41, 5.74) is 3.74. The number of carbonyl (C=O) groups excluding carboxylic acids is 1. The highest BCUT2D eigenvalue weighted by molar-refractivity contribution is 7.92. The summed E-state index contributed by atoms with van der Waals surface area (Å²) in [4.78, 5) is 22.6. The van der Waals surface area contributed by atoms with Crippen LogP contribution >= 0.6 is 0 Å². The third-order valence-corrected chi connectivity index (χ3v) is 5.95. The molecule has 3 aromatic rings. The summed E-state index contributed by atoms with van der Waals surface area (Å²) in [7, 11) is -2.43. The minimum Gasteiger partial charge on any atom is -0.497 e. The number of hydrogen-bond acceptors (Lipinski definition) is 7. The fourth-order valence-corrected chi connectivity index (χ4v) is 3.87. The third-order valence-electron chi connectivity index (χ3n) is 4.57. The number of hydrogen-bond donors (Lipinski definition) is 2. The molecule has 1 amide bonds. The fraction of sp³-hybridized carbons (Fsp3) is 0.0909. The lowest BCUT2D eigenvalue weighted by Crippen LogP contribution is -2.20. The Balaban J connectivity index is 1.72. The quantitative estimate of drug-likeness (QED) is 0.294. The molecule has 33 heavy (non-hydrogen) atoms. The normalized spacial score (nSPS) is 11.5. The molecule has 2 N–H and O–H groups in total. The molecule has 3 rings (SSSR count). The van der Waals surface area contributed by atoms with Gasteiger partial charge in [0, 0.05) is 23.4 Å². The zero-order valence-corrected chi connectivity index (χ0v) is 18.5. The first-order chi connectivity index (χ1) is 15.7. The molecule has 0 heterocycles. The van der Waals surface area contributed by atoms with Gasteiger partial charge in [0.15, 0.2) is 0 Å². The Bertz CT molecular complexity index is 1300. The lowest BCUT2D eigenvalue weighted by molar-refractivity contribution is -0.384. The first-order valence-corrected chi connectivity index (χ1v) is 11.0. The molecule has 0 saturated carbocycles. The molecule has 0 aliphatic rings. The van der Waals surface area contributed by atoms with Crippen molar-refractivity contribution in [3.63, 3.8) is 0 Å². The van der Waals surface area contributed by atoms with Gasteiger partial charge in [-0.2, -0.15) is 5.10 Å². The molecular weight excluding hydrogens is 448 g/mol. The number of rotatable bonds is 8. The maximum absolute atomic E-state index is 12.7. The van der Waals surface area contributed by atoms with E-state index < -0.39 is 20.9 Å². The molecule has 0 fully saturated rings. The van der Waals surface area contributed by atoms with Crippen molar-refractivity contribution in [1.29, 1.82) is 0 Å². The van der Waals surface area contributed by atoms with E-state index in [2.05, 4.69) is 15.2 Å². The van der Waals surface area contributed by atoms with E-state index in [1.54, 1.807) is 31.2 Å². The van der Waals surface area contributed by atoms with Gasteiger partial charge in [0.05, 0.1) is 22.6 Å². The average molecular weight is 468 g/mol. The van der Waals surface area contributed by atoms with Crippen LogP contribution in [0.3, 0.4) is 0 Å². The number of non-ortho nitro benzene ring substituents is 1. The number of methoxy groups -OCH3 is 1. The number of nitrogens with one attached hydrogen (secondary N) is 2. The van der Waals surface area contributed by atoms with Crippen LogP contribution in [0.25, 0.3) is 0 Å². The number of benzene rings is 3. The second-order valence-electron chi connectivity index (χ2n) is 6.80. The van der Waals surface area contributed by atoms with Crippen LogP contribution in [0, 0.1) is 10.1 Å². The van der Waals surface area contributed by atoms with Gasteiger partial charge in [0.1, 0.15) is 5.75 Å². The number of nitro benzene ring substituents is 1. The zero-order chi connectivity index (χ0) is 24.0. The van der Waals surface area contributed by atoms with E-state index in [0.29, 0.717) is 22.7 Å². The molecule has 0 aliphatic heterocycles. The van der Waals surface area contributed by atoms with Crippen molar-refractivity contribution in [2.75, 3.05) is 11.8 Å². The van der Waals surface area contributed by atoms with Crippen molar-refractivity contribution in [3.05, 3.63) is 94.0 Å². The molecule has 0 aromatic heterocycles. The lowest BCUT2D eigenvalue weighted by Gasteiger charge is -2.10. The van der Waals surface area contributed by atoms with Crippen molar-refractivity contribution in [1.82, 2.24) is 5.43 Å². The fourth-order valence-electron chi connectivity index (χ4n) is 2.77. The number of sulfonamides is 1. The Labute approximate surface area is 190 Å². The summed E-state index contributed by atoms with van der Waals surface area (Å²) >= 11 is 0. The van der Waals surface area contributed by atoms with Gasteiger partial charge in [0.25, 0.3) is 21.6 Å². The van der Waals surface area contributed by atoms with Crippen LogP contribution in [0.2, 0.25) is 0 Å². The maximum Gasteiger partial charge on any atom is 0.271 e. The van der Waals surface area contributed by atoms with Gasteiger partial charge < -0.3 is 4.74 Å². The van der Waals surface area contributed by atoms with Gasteiger partial charge in [-0.05, 0) is 67.1 Å². The Morgan fingerprint density at radius 2 is 1.67 bits per heavy atom. The van der Waals surface area contributed by atoms with E-state index in [1.165, 1.54) is 55.6 Å². The molecule has 0 spiro atoms. The molecule has 0 unspecified atom stereocenters. The summed E-state index contributed by atoms with van der Waals surface area (Å²) < 4.78 is 32.9. The van der Waals surface area contributed by atoms with Crippen molar-refractivity contribution < 1.29 is 22.9 Å². The number of anilines is 1. The van der Waals surface area contributed by atoms with E-state index in [0.717, 1.165) is 0 Å². The van der Waals surface area contributed by atoms with Gasteiger partial charge >= 0.3 is 0 Å². The highest BCUT2D eigenvalue weighted by Gasteiger charge is 2.17. The maximum atomic E-state index is 12.7. The molecule has 0 radical (unpaired) electrons. The highest BCUT2D eigenvalue weighted by Crippen LogP contribution is 2.20. The number of hydrazone groups is 1. The van der Waals surface area contributed by atoms with Crippen LogP contribution in [0.15, 0.2) is 82.8 Å². The summed E-state index contributed by atoms with van der Waals surface area (Å²) in [5, 5.41) is 14.7. The Morgan fingerprint density at radius 3 is 2.27 bits per heavy atom. The predicted octanol–water partition coefficient (Wildman–Crippen LogP) is 3.56. The molecular formula is C22H20N4O6S. The van der Waals surface area contributed by atoms with Gasteiger partial charge in [-0.25, -0.2) is 13.8 Å². The molecule has 0 atom stereocenters. The number of ether oxygens (including phenoxy) is 1. The zero-order valence-electron chi connectivity index (χ0n) is 17.7. The van der Waals surface area contributed by atoms with Gasteiger partial charge in [-0.1, -0.05) is 6.07 Å². The standard InChI is InChI=1S/C22H20N4O6S/c1-15(16-6-10-19(11-7-16)26(28)29)23-24-22(27)17-4-3-5-21(14-17)33(30,31)25-18-8-12-20(32-2)13-9-18/h3-14,25H,1-2H3,(H,24,27)/b23-15+.